The number of aromatic hydroxyl groups is 1. The van der Waals surface area contributed by atoms with Crippen molar-refractivity contribution in [2.45, 2.75) is 18.9 Å². The standard InChI is InChI=1S/C12H15NO3/c1-2-3-4-10(13)8-5-6-11(14)9(7-8)12(15)16/h2,5-7,10,14H,1,3-4,13H2,(H,15,16)/t10-/m0/s1. The SMILES string of the molecule is C=CCC[C@H](N)c1ccc(O)c(C(=O)O)c1. The van der Waals surface area contributed by atoms with Crippen molar-refractivity contribution >= 4 is 5.97 Å². The van der Waals surface area contributed by atoms with E-state index in [1.54, 1.807) is 12.1 Å². The molecule has 0 aliphatic carbocycles. The molecule has 0 aliphatic heterocycles. The molecule has 0 aliphatic rings. The van der Waals surface area contributed by atoms with E-state index in [0.717, 1.165) is 6.42 Å². The van der Waals surface area contributed by atoms with Gasteiger partial charge in [0.05, 0.1) is 0 Å². The summed E-state index contributed by atoms with van der Waals surface area (Å²) in [5.74, 6) is -1.40. The number of benzene rings is 1. The number of rotatable bonds is 5. The molecule has 4 nitrogen and oxygen atoms in total. The van der Waals surface area contributed by atoms with Crippen LogP contribution in [0.3, 0.4) is 0 Å². The van der Waals surface area contributed by atoms with Gasteiger partial charge in [-0.3, -0.25) is 0 Å². The minimum Gasteiger partial charge on any atom is -0.507 e. The molecule has 1 atom stereocenters. The van der Waals surface area contributed by atoms with Crippen molar-refractivity contribution in [3.63, 3.8) is 0 Å². The van der Waals surface area contributed by atoms with Crippen molar-refractivity contribution in [3.8, 4) is 5.75 Å². The predicted octanol–water partition coefficient (Wildman–Crippen LogP) is 2.06. The van der Waals surface area contributed by atoms with Crippen LogP contribution in [0.5, 0.6) is 5.75 Å². The van der Waals surface area contributed by atoms with Crippen LogP contribution in [0.2, 0.25) is 0 Å². The number of nitrogens with two attached hydrogens (primary N) is 1. The fourth-order valence-electron chi connectivity index (χ4n) is 1.42. The number of hydrogen-bond acceptors (Lipinski definition) is 3. The summed E-state index contributed by atoms with van der Waals surface area (Å²) in [6.07, 6.45) is 3.23. The third-order valence-corrected chi connectivity index (χ3v) is 2.36. The molecule has 0 aromatic heterocycles. The summed E-state index contributed by atoms with van der Waals surface area (Å²) in [6.45, 7) is 3.60. The quantitative estimate of drug-likeness (QED) is 0.664. The summed E-state index contributed by atoms with van der Waals surface area (Å²) in [5, 5.41) is 18.2. The van der Waals surface area contributed by atoms with E-state index in [4.69, 9.17) is 10.8 Å². The predicted molar refractivity (Wildman–Crippen MR) is 61.4 cm³/mol. The van der Waals surface area contributed by atoms with Gasteiger partial charge in [0.1, 0.15) is 11.3 Å². The second kappa shape index (κ2) is 5.32. The van der Waals surface area contributed by atoms with Crippen molar-refractivity contribution in [3.05, 3.63) is 42.0 Å². The second-order valence-corrected chi connectivity index (χ2v) is 3.55. The lowest BCUT2D eigenvalue weighted by molar-refractivity contribution is 0.0693. The lowest BCUT2D eigenvalue weighted by atomic mass is 10.00. The fraction of sp³-hybridized carbons (Fsp3) is 0.250. The smallest absolute Gasteiger partial charge is 0.339 e. The number of aromatic carboxylic acids is 1. The van der Waals surface area contributed by atoms with E-state index in [1.165, 1.54) is 12.1 Å². The van der Waals surface area contributed by atoms with Crippen LogP contribution in [0.25, 0.3) is 0 Å². The molecule has 1 rings (SSSR count). The molecular weight excluding hydrogens is 206 g/mol. The maximum Gasteiger partial charge on any atom is 0.339 e. The Morgan fingerprint density at radius 3 is 2.81 bits per heavy atom. The first-order valence-electron chi connectivity index (χ1n) is 4.99. The van der Waals surface area contributed by atoms with Gasteiger partial charge in [0.25, 0.3) is 0 Å². The maximum absolute atomic E-state index is 10.8. The van der Waals surface area contributed by atoms with E-state index >= 15 is 0 Å². The second-order valence-electron chi connectivity index (χ2n) is 3.55. The maximum atomic E-state index is 10.8. The fourth-order valence-corrected chi connectivity index (χ4v) is 1.42. The summed E-state index contributed by atoms with van der Waals surface area (Å²) in [4.78, 5) is 10.8. The van der Waals surface area contributed by atoms with E-state index < -0.39 is 5.97 Å². The average Bonchev–Trinajstić information content (AvgIpc) is 2.26. The van der Waals surface area contributed by atoms with Gasteiger partial charge in [0.15, 0.2) is 0 Å². The van der Waals surface area contributed by atoms with E-state index in [0.29, 0.717) is 12.0 Å². The first kappa shape index (κ1) is 12.3. The van der Waals surface area contributed by atoms with Gasteiger partial charge in [-0.05, 0) is 30.5 Å². The zero-order chi connectivity index (χ0) is 12.1. The van der Waals surface area contributed by atoms with E-state index in [9.17, 15) is 9.90 Å². The van der Waals surface area contributed by atoms with Crippen molar-refractivity contribution in [2.75, 3.05) is 0 Å². The lowest BCUT2D eigenvalue weighted by Crippen LogP contribution is -2.11. The monoisotopic (exact) mass is 221 g/mol. The Morgan fingerprint density at radius 1 is 1.56 bits per heavy atom. The molecule has 4 N–H and O–H groups in total. The van der Waals surface area contributed by atoms with E-state index in [1.807, 2.05) is 0 Å². The van der Waals surface area contributed by atoms with Gasteiger partial charge in [-0.15, -0.1) is 6.58 Å². The molecule has 0 saturated carbocycles. The molecular formula is C12H15NO3. The van der Waals surface area contributed by atoms with Gasteiger partial charge < -0.3 is 15.9 Å². The molecule has 0 radical (unpaired) electrons. The van der Waals surface area contributed by atoms with Crippen LogP contribution in [0, 0.1) is 0 Å². The highest BCUT2D eigenvalue weighted by Gasteiger charge is 2.13. The third-order valence-electron chi connectivity index (χ3n) is 2.36. The van der Waals surface area contributed by atoms with Gasteiger partial charge in [-0.2, -0.15) is 0 Å². The van der Waals surface area contributed by atoms with Crippen LogP contribution in [-0.4, -0.2) is 16.2 Å². The Bertz CT molecular complexity index is 401. The van der Waals surface area contributed by atoms with E-state index in [-0.39, 0.29) is 17.4 Å². The molecule has 4 heteroatoms. The highest BCUT2D eigenvalue weighted by Crippen LogP contribution is 2.23. The number of carboxylic acid groups (broad SMARTS) is 1. The molecule has 86 valence electrons. The van der Waals surface area contributed by atoms with Crippen molar-refractivity contribution in [1.82, 2.24) is 0 Å². The number of carbonyl (C=O) groups is 1. The van der Waals surface area contributed by atoms with Gasteiger partial charge in [0, 0.05) is 6.04 Å². The number of allylic oxidation sites excluding steroid dienone is 1. The molecule has 0 fully saturated rings. The normalized spacial score (nSPS) is 12.1. The van der Waals surface area contributed by atoms with Crippen molar-refractivity contribution in [2.24, 2.45) is 5.73 Å². The van der Waals surface area contributed by atoms with Gasteiger partial charge in [-0.1, -0.05) is 12.1 Å². The Kier molecular flexibility index (Phi) is 4.08. The number of phenols is 1. The highest BCUT2D eigenvalue weighted by atomic mass is 16.4. The largest absolute Gasteiger partial charge is 0.507 e. The first-order valence-corrected chi connectivity index (χ1v) is 4.99. The van der Waals surface area contributed by atoms with Crippen molar-refractivity contribution < 1.29 is 15.0 Å². The highest BCUT2D eigenvalue weighted by molar-refractivity contribution is 5.90. The zero-order valence-corrected chi connectivity index (χ0v) is 8.89. The van der Waals surface area contributed by atoms with E-state index in [2.05, 4.69) is 6.58 Å². The topological polar surface area (TPSA) is 83.5 Å². The molecule has 0 saturated heterocycles. The van der Waals surface area contributed by atoms with Crippen LogP contribution in [0.15, 0.2) is 30.9 Å². The summed E-state index contributed by atoms with van der Waals surface area (Å²) < 4.78 is 0. The Morgan fingerprint density at radius 2 is 2.25 bits per heavy atom. The van der Waals surface area contributed by atoms with Gasteiger partial charge >= 0.3 is 5.97 Å². The van der Waals surface area contributed by atoms with Crippen LogP contribution < -0.4 is 5.73 Å². The molecule has 0 amide bonds. The summed E-state index contributed by atoms with van der Waals surface area (Å²) in [7, 11) is 0. The van der Waals surface area contributed by atoms with Gasteiger partial charge in [-0.25, -0.2) is 4.79 Å². The van der Waals surface area contributed by atoms with Crippen molar-refractivity contribution in [1.29, 1.82) is 0 Å². The number of hydrogen-bond donors (Lipinski definition) is 3. The molecule has 0 heterocycles. The average molecular weight is 221 g/mol. The Balaban J connectivity index is 2.93. The lowest BCUT2D eigenvalue weighted by Gasteiger charge is -2.12. The molecule has 1 aromatic carbocycles. The Labute approximate surface area is 94.0 Å². The minimum atomic E-state index is -1.16. The molecule has 0 unspecified atom stereocenters. The molecule has 0 spiro atoms. The minimum absolute atomic E-state index is 0.119. The van der Waals surface area contributed by atoms with Crippen LogP contribution in [0.4, 0.5) is 0 Å². The molecule has 16 heavy (non-hydrogen) atoms. The Hall–Kier alpha value is -1.81. The third kappa shape index (κ3) is 2.84. The van der Waals surface area contributed by atoms with Gasteiger partial charge in [0.2, 0.25) is 0 Å². The molecule has 0 bridgehead atoms. The summed E-state index contributed by atoms with van der Waals surface area (Å²) in [5.41, 5.74) is 6.46. The molecule has 1 aromatic rings. The summed E-state index contributed by atoms with van der Waals surface area (Å²) >= 11 is 0. The van der Waals surface area contributed by atoms with Crippen LogP contribution in [-0.2, 0) is 0 Å². The van der Waals surface area contributed by atoms with Crippen LogP contribution >= 0.6 is 0 Å². The zero-order valence-electron chi connectivity index (χ0n) is 8.89. The number of carboxylic acids is 1. The van der Waals surface area contributed by atoms with Crippen LogP contribution in [0.1, 0.15) is 34.8 Å². The first-order chi connectivity index (χ1) is 7.56. The summed E-state index contributed by atoms with van der Waals surface area (Å²) in [6, 6.07) is 4.16.